The van der Waals surface area contributed by atoms with Crippen LogP contribution >= 0.6 is 0 Å². The highest BCUT2D eigenvalue weighted by Crippen LogP contribution is 2.36. The second-order valence-electron chi connectivity index (χ2n) is 3.04. The highest BCUT2D eigenvalue weighted by molar-refractivity contribution is 6.02. The summed E-state index contributed by atoms with van der Waals surface area (Å²) in [6.45, 7) is 0.360. The van der Waals surface area contributed by atoms with Gasteiger partial charge >= 0.3 is 0 Å². The molecular formula is C10H10O4. The first-order chi connectivity index (χ1) is 6.72. The number of Topliss-reactive ketones (excluding diaryl/α,β-unsaturated/α-hetero) is 1. The van der Waals surface area contributed by atoms with Crippen molar-refractivity contribution in [1.82, 2.24) is 0 Å². The van der Waals surface area contributed by atoms with Crippen LogP contribution in [-0.2, 0) is 0 Å². The molecule has 4 nitrogen and oxygen atoms in total. The average Bonchev–Trinajstić information content (AvgIpc) is 2.16. The van der Waals surface area contributed by atoms with Gasteiger partial charge in [-0.1, -0.05) is 0 Å². The van der Waals surface area contributed by atoms with E-state index in [1.807, 2.05) is 0 Å². The Kier molecular flexibility index (Phi) is 2.04. The van der Waals surface area contributed by atoms with Crippen molar-refractivity contribution in [2.24, 2.45) is 0 Å². The molecule has 0 unspecified atom stereocenters. The first-order valence-corrected chi connectivity index (χ1v) is 4.29. The number of carbonyl (C=O) groups excluding carboxylic acids is 1. The van der Waals surface area contributed by atoms with E-state index in [4.69, 9.17) is 9.47 Å². The van der Waals surface area contributed by atoms with E-state index in [0.29, 0.717) is 30.1 Å². The Bertz CT molecular complexity index is 367. The monoisotopic (exact) mass is 194 g/mol. The molecule has 1 aromatic rings. The predicted molar refractivity (Wildman–Crippen MR) is 49.1 cm³/mol. The van der Waals surface area contributed by atoms with Gasteiger partial charge in [0.25, 0.3) is 0 Å². The number of rotatable bonds is 1. The van der Waals surface area contributed by atoms with Crippen LogP contribution in [0.4, 0.5) is 0 Å². The van der Waals surface area contributed by atoms with Crippen molar-refractivity contribution >= 4 is 5.78 Å². The third kappa shape index (κ3) is 1.28. The van der Waals surface area contributed by atoms with Gasteiger partial charge in [-0.05, 0) is 0 Å². The fourth-order valence-electron chi connectivity index (χ4n) is 1.50. The van der Waals surface area contributed by atoms with E-state index in [1.165, 1.54) is 19.2 Å². The summed E-state index contributed by atoms with van der Waals surface area (Å²) >= 11 is 0. The number of ether oxygens (including phenoxy) is 2. The molecule has 0 atom stereocenters. The van der Waals surface area contributed by atoms with Crippen LogP contribution in [0.25, 0.3) is 0 Å². The summed E-state index contributed by atoms with van der Waals surface area (Å²) in [6.07, 6.45) is 0.355. The summed E-state index contributed by atoms with van der Waals surface area (Å²) in [6, 6.07) is 2.83. The molecule has 0 saturated carbocycles. The second kappa shape index (κ2) is 3.21. The third-order valence-corrected chi connectivity index (χ3v) is 2.14. The van der Waals surface area contributed by atoms with Crippen LogP contribution < -0.4 is 9.47 Å². The zero-order valence-corrected chi connectivity index (χ0v) is 7.74. The Balaban J connectivity index is 2.61. The van der Waals surface area contributed by atoms with Gasteiger partial charge in [0.05, 0.1) is 13.7 Å². The third-order valence-electron chi connectivity index (χ3n) is 2.14. The van der Waals surface area contributed by atoms with Gasteiger partial charge in [-0.3, -0.25) is 4.79 Å². The molecule has 0 aliphatic carbocycles. The minimum Gasteiger partial charge on any atom is -0.508 e. The molecule has 1 heterocycles. The molecule has 0 spiro atoms. The average molecular weight is 194 g/mol. The number of ketones is 1. The summed E-state index contributed by atoms with van der Waals surface area (Å²) in [5.41, 5.74) is 0.427. The van der Waals surface area contributed by atoms with E-state index >= 15 is 0 Å². The van der Waals surface area contributed by atoms with Crippen molar-refractivity contribution < 1.29 is 19.4 Å². The minimum atomic E-state index is -0.0110. The first kappa shape index (κ1) is 8.87. The molecule has 0 aromatic heterocycles. The van der Waals surface area contributed by atoms with E-state index in [1.54, 1.807) is 0 Å². The van der Waals surface area contributed by atoms with Gasteiger partial charge in [0, 0.05) is 18.6 Å². The minimum absolute atomic E-state index is 0.0110. The second-order valence-corrected chi connectivity index (χ2v) is 3.04. The van der Waals surface area contributed by atoms with Crippen LogP contribution in [-0.4, -0.2) is 24.6 Å². The molecule has 1 aliphatic heterocycles. The summed E-state index contributed by atoms with van der Waals surface area (Å²) in [5.74, 6) is 0.793. The van der Waals surface area contributed by atoms with Gasteiger partial charge in [0.1, 0.15) is 22.8 Å². The molecule has 4 heteroatoms. The SMILES string of the molecule is COc1cc(O)cc2c1C(=O)CCO2. The Morgan fingerprint density at radius 1 is 1.50 bits per heavy atom. The smallest absolute Gasteiger partial charge is 0.173 e. The lowest BCUT2D eigenvalue weighted by atomic mass is 10.0. The number of phenolic OH excluding ortho intramolecular Hbond substituents is 1. The Labute approximate surface area is 81.1 Å². The molecule has 74 valence electrons. The maximum absolute atomic E-state index is 11.5. The van der Waals surface area contributed by atoms with Crippen molar-refractivity contribution in [3.8, 4) is 17.2 Å². The first-order valence-electron chi connectivity index (χ1n) is 4.29. The quantitative estimate of drug-likeness (QED) is 0.733. The maximum Gasteiger partial charge on any atom is 0.173 e. The van der Waals surface area contributed by atoms with Crippen molar-refractivity contribution in [3.63, 3.8) is 0 Å². The van der Waals surface area contributed by atoms with Crippen LogP contribution in [0.5, 0.6) is 17.2 Å². The van der Waals surface area contributed by atoms with Gasteiger partial charge < -0.3 is 14.6 Å². The predicted octanol–water partition coefficient (Wildman–Crippen LogP) is 1.37. The van der Waals surface area contributed by atoms with E-state index in [-0.39, 0.29) is 11.5 Å². The van der Waals surface area contributed by atoms with Crippen LogP contribution in [0.15, 0.2) is 12.1 Å². The highest BCUT2D eigenvalue weighted by Gasteiger charge is 2.23. The topological polar surface area (TPSA) is 55.8 Å². The largest absolute Gasteiger partial charge is 0.508 e. The fraction of sp³-hybridized carbons (Fsp3) is 0.300. The van der Waals surface area contributed by atoms with Crippen molar-refractivity contribution in [1.29, 1.82) is 0 Å². The molecular weight excluding hydrogens is 184 g/mol. The van der Waals surface area contributed by atoms with E-state index in [9.17, 15) is 9.90 Å². The van der Waals surface area contributed by atoms with Gasteiger partial charge in [-0.15, -0.1) is 0 Å². The number of carbonyl (C=O) groups is 1. The Morgan fingerprint density at radius 2 is 2.29 bits per heavy atom. The molecule has 1 aromatic carbocycles. The van der Waals surface area contributed by atoms with Crippen LogP contribution in [0.1, 0.15) is 16.8 Å². The highest BCUT2D eigenvalue weighted by atomic mass is 16.5. The van der Waals surface area contributed by atoms with Crippen LogP contribution in [0, 0.1) is 0 Å². The zero-order valence-electron chi connectivity index (χ0n) is 7.74. The summed E-state index contributed by atoms with van der Waals surface area (Å²) in [5, 5.41) is 9.32. The number of aromatic hydroxyl groups is 1. The molecule has 2 rings (SSSR count). The molecule has 0 saturated heterocycles. The number of benzene rings is 1. The van der Waals surface area contributed by atoms with Gasteiger partial charge in [0.2, 0.25) is 0 Å². The standard InChI is InChI=1S/C10H10O4/c1-13-8-4-6(11)5-9-10(8)7(12)2-3-14-9/h4-5,11H,2-3H2,1H3. The van der Waals surface area contributed by atoms with Crippen molar-refractivity contribution in [2.45, 2.75) is 6.42 Å². The zero-order chi connectivity index (χ0) is 10.1. The van der Waals surface area contributed by atoms with E-state index in [2.05, 4.69) is 0 Å². The molecule has 1 aliphatic rings. The maximum atomic E-state index is 11.5. The molecule has 0 bridgehead atoms. The van der Waals surface area contributed by atoms with E-state index in [0.717, 1.165) is 0 Å². The summed E-state index contributed by atoms with van der Waals surface area (Å²) in [4.78, 5) is 11.5. The lowest BCUT2D eigenvalue weighted by molar-refractivity contribution is 0.0929. The van der Waals surface area contributed by atoms with Crippen LogP contribution in [0.3, 0.4) is 0 Å². The molecule has 0 radical (unpaired) electrons. The fourth-order valence-corrected chi connectivity index (χ4v) is 1.50. The number of methoxy groups -OCH3 is 1. The molecule has 14 heavy (non-hydrogen) atoms. The van der Waals surface area contributed by atoms with Crippen molar-refractivity contribution in [2.75, 3.05) is 13.7 Å². The van der Waals surface area contributed by atoms with E-state index < -0.39 is 0 Å². The lowest BCUT2D eigenvalue weighted by Gasteiger charge is -2.18. The molecule has 0 fully saturated rings. The van der Waals surface area contributed by atoms with Gasteiger partial charge in [0.15, 0.2) is 5.78 Å². The molecule has 0 amide bonds. The number of fused-ring (bicyclic) bond motifs is 1. The Hall–Kier alpha value is -1.71. The lowest BCUT2D eigenvalue weighted by Crippen LogP contribution is -2.16. The normalized spacial score (nSPS) is 14.5. The van der Waals surface area contributed by atoms with Gasteiger partial charge in [-0.2, -0.15) is 0 Å². The summed E-state index contributed by atoms with van der Waals surface area (Å²) < 4.78 is 10.3. The Morgan fingerprint density at radius 3 is 3.00 bits per heavy atom. The molecule has 1 N–H and O–H groups in total. The van der Waals surface area contributed by atoms with Crippen LogP contribution in [0.2, 0.25) is 0 Å². The number of hydrogen-bond donors (Lipinski definition) is 1. The van der Waals surface area contributed by atoms with Crippen molar-refractivity contribution in [3.05, 3.63) is 17.7 Å². The van der Waals surface area contributed by atoms with Gasteiger partial charge in [-0.25, -0.2) is 0 Å². The number of phenols is 1. The summed E-state index contributed by atoms with van der Waals surface area (Å²) in [7, 11) is 1.46. The number of hydrogen-bond acceptors (Lipinski definition) is 4.